The molecule has 0 spiro atoms. The van der Waals surface area contributed by atoms with Gasteiger partial charge in [-0.2, -0.15) is 0 Å². The van der Waals surface area contributed by atoms with E-state index in [9.17, 15) is 5.11 Å². The van der Waals surface area contributed by atoms with Crippen molar-refractivity contribution in [3.05, 3.63) is 35.4 Å². The maximum atomic E-state index is 10.1. The van der Waals surface area contributed by atoms with Crippen LogP contribution in [-0.2, 0) is 5.60 Å². The van der Waals surface area contributed by atoms with Crippen molar-refractivity contribution in [2.75, 3.05) is 20.1 Å². The van der Waals surface area contributed by atoms with Crippen molar-refractivity contribution in [1.82, 2.24) is 4.90 Å². The second kappa shape index (κ2) is 4.34. The predicted octanol–water partition coefficient (Wildman–Crippen LogP) is 1.62. The topological polar surface area (TPSA) is 49.5 Å². The SMILES string of the molecule is CN1CC(CN)CC1c1ccc(C2(O)CC2)cc1. The fourth-order valence-corrected chi connectivity index (χ4v) is 3.09. The molecular weight excluding hydrogens is 224 g/mol. The molecule has 1 aromatic rings. The summed E-state index contributed by atoms with van der Waals surface area (Å²) in [7, 11) is 2.17. The first-order chi connectivity index (χ1) is 8.62. The van der Waals surface area contributed by atoms with Gasteiger partial charge in [-0.05, 0) is 49.9 Å². The molecule has 1 saturated carbocycles. The summed E-state index contributed by atoms with van der Waals surface area (Å²) in [5, 5.41) is 10.1. The number of rotatable bonds is 3. The fraction of sp³-hybridized carbons (Fsp3) is 0.600. The van der Waals surface area contributed by atoms with Crippen LogP contribution in [0.3, 0.4) is 0 Å². The molecule has 1 aromatic carbocycles. The summed E-state index contributed by atoms with van der Waals surface area (Å²) < 4.78 is 0. The van der Waals surface area contributed by atoms with Crippen molar-refractivity contribution >= 4 is 0 Å². The lowest BCUT2D eigenvalue weighted by Gasteiger charge is -2.20. The molecule has 2 atom stereocenters. The first kappa shape index (κ1) is 12.2. The summed E-state index contributed by atoms with van der Waals surface area (Å²) >= 11 is 0. The summed E-state index contributed by atoms with van der Waals surface area (Å²) in [6, 6.07) is 9.01. The first-order valence-electron chi connectivity index (χ1n) is 6.85. The minimum atomic E-state index is -0.514. The van der Waals surface area contributed by atoms with E-state index >= 15 is 0 Å². The Hall–Kier alpha value is -0.900. The molecule has 3 rings (SSSR count). The second-order valence-electron chi connectivity index (χ2n) is 5.95. The van der Waals surface area contributed by atoms with E-state index in [1.54, 1.807) is 0 Å². The Balaban J connectivity index is 1.76. The minimum Gasteiger partial charge on any atom is -0.385 e. The third kappa shape index (κ3) is 2.07. The van der Waals surface area contributed by atoms with E-state index in [-0.39, 0.29) is 0 Å². The van der Waals surface area contributed by atoms with Crippen LogP contribution in [0.1, 0.15) is 36.4 Å². The van der Waals surface area contributed by atoms with Crippen molar-refractivity contribution in [3.63, 3.8) is 0 Å². The van der Waals surface area contributed by atoms with E-state index in [1.807, 2.05) is 0 Å². The van der Waals surface area contributed by atoms with Crippen LogP contribution in [-0.4, -0.2) is 30.1 Å². The molecule has 1 saturated heterocycles. The number of likely N-dealkylation sites (tertiary alicyclic amines) is 1. The van der Waals surface area contributed by atoms with Crippen molar-refractivity contribution in [2.45, 2.75) is 30.9 Å². The molecule has 0 bridgehead atoms. The van der Waals surface area contributed by atoms with Crippen LogP contribution in [0.15, 0.2) is 24.3 Å². The summed E-state index contributed by atoms with van der Waals surface area (Å²) in [5.41, 5.74) is 7.67. The highest BCUT2D eigenvalue weighted by Gasteiger charge is 2.42. The van der Waals surface area contributed by atoms with Crippen molar-refractivity contribution in [2.24, 2.45) is 11.7 Å². The zero-order valence-electron chi connectivity index (χ0n) is 11.0. The van der Waals surface area contributed by atoms with Gasteiger partial charge in [0, 0.05) is 12.6 Å². The Bertz CT molecular complexity index is 425. The molecular formula is C15H22N2O. The van der Waals surface area contributed by atoms with E-state index in [1.165, 1.54) is 5.56 Å². The second-order valence-corrected chi connectivity index (χ2v) is 5.95. The highest BCUT2D eigenvalue weighted by Crippen LogP contribution is 2.45. The van der Waals surface area contributed by atoms with Crippen LogP contribution in [0.4, 0.5) is 0 Å². The summed E-state index contributed by atoms with van der Waals surface area (Å²) in [6.45, 7) is 1.87. The van der Waals surface area contributed by atoms with E-state index in [0.29, 0.717) is 12.0 Å². The zero-order valence-corrected chi connectivity index (χ0v) is 11.0. The monoisotopic (exact) mass is 246 g/mol. The third-order valence-corrected chi connectivity index (χ3v) is 4.52. The van der Waals surface area contributed by atoms with Gasteiger partial charge in [0.2, 0.25) is 0 Å². The molecule has 2 unspecified atom stereocenters. The lowest BCUT2D eigenvalue weighted by atomic mass is 9.97. The number of nitrogens with two attached hydrogens (primary N) is 1. The molecule has 98 valence electrons. The van der Waals surface area contributed by atoms with Crippen LogP contribution in [0.2, 0.25) is 0 Å². The average molecular weight is 246 g/mol. The molecule has 2 fully saturated rings. The van der Waals surface area contributed by atoms with Gasteiger partial charge in [0.05, 0.1) is 5.60 Å². The Labute approximate surface area is 109 Å². The number of aliphatic hydroxyl groups is 1. The van der Waals surface area contributed by atoms with Gasteiger partial charge in [0.15, 0.2) is 0 Å². The van der Waals surface area contributed by atoms with Gasteiger partial charge < -0.3 is 10.8 Å². The van der Waals surface area contributed by atoms with Gasteiger partial charge in [0.25, 0.3) is 0 Å². The van der Waals surface area contributed by atoms with E-state index in [0.717, 1.165) is 37.9 Å². The number of benzene rings is 1. The largest absolute Gasteiger partial charge is 0.385 e. The van der Waals surface area contributed by atoms with Crippen LogP contribution in [0.5, 0.6) is 0 Å². The van der Waals surface area contributed by atoms with Gasteiger partial charge in [-0.1, -0.05) is 24.3 Å². The minimum absolute atomic E-state index is 0.487. The van der Waals surface area contributed by atoms with E-state index in [4.69, 9.17) is 5.73 Å². The maximum absolute atomic E-state index is 10.1. The Kier molecular flexibility index (Phi) is 2.93. The average Bonchev–Trinajstić information content (AvgIpc) is 3.02. The molecule has 1 heterocycles. The van der Waals surface area contributed by atoms with E-state index < -0.39 is 5.60 Å². The zero-order chi connectivity index (χ0) is 12.8. The molecule has 0 aromatic heterocycles. The normalized spacial score (nSPS) is 30.6. The Morgan fingerprint density at radius 3 is 2.50 bits per heavy atom. The van der Waals surface area contributed by atoms with E-state index in [2.05, 4.69) is 36.2 Å². The summed E-state index contributed by atoms with van der Waals surface area (Å²) in [4.78, 5) is 2.39. The van der Waals surface area contributed by atoms with Gasteiger partial charge in [-0.25, -0.2) is 0 Å². The molecule has 3 nitrogen and oxygen atoms in total. The fourth-order valence-electron chi connectivity index (χ4n) is 3.09. The maximum Gasteiger partial charge on any atom is 0.0899 e. The summed E-state index contributed by atoms with van der Waals surface area (Å²) in [5.74, 6) is 0.618. The van der Waals surface area contributed by atoms with Crippen LogP contribution >= 0.6 is 0 Å². The summed E-state index contributed by atoms with van der Waals surface area (Å²) in [6.07, 6.45) is 2.96. The lowest BCUT2D eigenvalue weighted by molar-refractivity contribution is 0.151. The standard InChI is InChI=1S/C15H22N2O/c1-17-10-11(9-16)8-14(17)12-2-4-13(5-3-12)15(18)6-7-15/h2-5,11,14,18H,6-10,16H2,1H3. The Morgan fingerprint density at radius 2 is 2.00 bits per heavy atom. The molecule has 3 heteroatoms. The van der Waals surface area contributed by atoms with Gasteiger partial charge >= 0.3 is 0 Å². The number of nitrogens with zero attached hydrogens (tertiary/aromatic N) is 1. The number of hydrogen-bond donors (Lipinski definition) is 2. The third-order valence-electron chi connectivity index (χ3n) is 4.52. The lowest BCUT2D eigenvalue weighted by Crippen LogP contribution is -2.20. The highest BCUT2D eigenvalue weighted by molar-refractivity contribution is 5.32. The molecule has 18 heavy (non-hydrogen) atoms. The highest BCUT2D eigenvalue weighted by atomic mass is 16.3. The van der Waals surface area contributed by atoms with Crippen LogP contribution in [0.25, 0.3) is 0 Å². The smallest absolute Gasteiger partial charge is 0.0899 e. The van der Waals surface area contributed by atoms with Gasteiger partial charge in [0.1, 0.15) is 0 Å². The van der Waals surface area contributed by atoms with Crippen molar-refractivity contribution < 1.29 is 5.11 Å². The molecule has 3 N–H and O–H groups in total. The number of hydrogen-bond acceptors (Lipinski definition) is 3. The predicted molar refractivity (Wildman–Crippen MR) is 72.1 cm³/mol. The van der Waals surface area contributed by atoms with Gasteiger partial charge in [-0.3, -0.25) is 4.90 Å². The van der Waals surface area contributed by atoms with Gasteiger partial charge in [-0.15, -0.1) is 0 Å². The van der Waals surface area contributed by atoms with Crippen LogP contribution < -0.4 is 5.73 Å². The Morgan fingerprint density at radius 1 is 1.33 bits per heavy atom. The van der Waals surface area contributed by atoms with Crippen molar-refractivity contribution in [1.29, 1.82) is 0 Å². The molecule has 1 aliphatic heterocycles. The van der Waals surface area contributed by atoms with Crippen molar-refractivity contribution in [3.8, 4) is 0 Å². The quantitative estimate of drug-likeness (QED) is 0.852. The molecule has 0 amide bonds. The molecule has 0 radical (unpaired) electrons. The van der Waals surface area contributed by atoms with Crippen LogP contribution in [0, 0.1) is 5.92 Å². The molecule has 2 aliphatic rings. The first-order valence-corrected chi connectivity index (χ1v) is 6.85. The molecule has 1 aliphatic carbocycles.